The van der Waals surface area contributed by atoms with Gasteiger partial charge in [0.05, 0.1) is 11.6 Å². The molecule has 0 aromatic heterocycles. The average Bonchev–Trinajstić information content (AvgIpc) is 2.92. The van der Waals surface area contributed by atoms with Crippen molar-refractivity contribution in [2.24, 2.45) is 0 Å². The highest BCUT2D eigenvalue weighted by Gasteiger charge is 2.29. The minimum Gasteiger partial charge on any atom is -0.333 e. The van der Waals surface area contributed by atoms with E-state index in [4.69, 9.17) is 0 Å². The van der Waals surface area contributed by atoms with E-state index in [-0.39, 0.29) is 17.5 Å². The number of halogens is 1. The van der Waals surface area contributed by atoms with Crippen LogP contribution in [0.4, 0.5) is 4.39 Å². The van der Waals surface area contributed by atoms with Crippen LogP contribution in [0.15, 0.2) is 24.3 Å². The summed E-state index contributed by atoms with van der Waals surface area (Å²) in [4.78, 5) is 17.2. The van der Waals surface area contributed by atoms with Gasteiger partial charge >= 0.3 is 0 Å². The van der Waals surface area contributed by atoms with Crippen molar-refractivity contribution in [3.05, 3.63) is 35.6 Å². The topological polar surface area (TPSA) is 23.6 Å². The fourth-order valence-electron chi connectivity index (χ4n) is 3.30. The lowest BCUT2D eigenvalue weighted by molar-refractivity contribution is 0.0662. The monoisotopic (exact) mass is 322 g/mol. The molecule has 22 heavy (non-hydrogen) atoms. The molecule has 2 heterocycles. The molecule has 0 N–H and O–H groups in total. The summed E-state index contributed by atoms with van der Waals surface area (Å²) in [6.07, 6.45) is 3.49. The third-order valence-corrected chi connectivity index (χ3v) is 5.67. The lowest BCUT2D eigenvalue weighted by Gasteiger charge is -2.32. The highest BCUT2D eigenvalue weighted by atomic mass is 32.2. The van der Waals surface area contributed by atoms with Gasteiger partial charge in [0.1, 0.15) is 5.82 Å². The predicted octanol–water partition coefficient (Wildman–Crippen LogP) is 2.87. The second kappa shape index (κ2) is 7.47. The normalized spacial score (nSPS) is 23.5. The molecule has 0 aliphatic carbocycles. The number of carbonyl (C=O) groups is 1. The van der Waals surface area contributed by atoms with Gasteiger partial charge in [0.15, 0.2) is 0 Å². The zero-order chi connectivity index (χ0) is 15.4. The first-order valence-electron chi connectivity index (χ1n) is 8.11. The summed E-state index contributed by atoms with van der Waals surface area (Å²) >= 11 is 1.91. The van der Waals surface area contributed by atoms with Crippen molar-refractivity contribution in [1.29, 1.82) is 0 Å². The number of likely N-dealkylation sites (tertiary alicyclic amines) is 1. The van der Waals surface area contributed by atoms with Crippen LogP contribution in [0.3, 0.4) is 0 Å². The molecular weight excluding hydrogens is 299 g/mol. The Labute approximate surface area is 135 Å². The molecule has 0 spiro atoms. The van der Waals surface area contributed by atoms with E-state index in [9.17, 15) is 9.18 Å². The van der Waals surface area contributed by atoms with E-state index in [1.54, 1.807) is 18.2 Å². The quantitative estimate of drug-likeness (QED) is 0.855. The van der Waals surface area contributed by atoms with Crippen molar-refractivity contribution >= 4 is 17.7 Å². The molecule has 1 amide bonds. The number of amides is 1. The van der Waals surface area contributed by atoms with Gasteiger partial charge in [-0.1, -0.05) is 12.1 Å². The predicted molar refractivity (Wildman–Crippen MR) is 88.8 cm³/mol. The Bertz CT molecular complexity index is 519. The van der Waals surface area contributed by atoms with Gasteiger partial charge in [0.2, 0.25) is 0 Å². The molecule has 0 saturated carbocycles. The van der Waals surface area contributed by atoms with E-state index in [0.29, 0.717) is 0 Å². The molecule has 1 aromatic carbocycles. The van der Waals surface area contributed by atoms with Crippen LogP contribution >= 0.6 is 11.8 Å². The third-order valence-electron chi connectivity index (χ3n) is 4.47. The van der Waals surface area contributed by atoms with Gasteiger partial charge in [0.25, 0.3) is 5.91 Å². The summed E-state index contributed by atoms with van der Waals surface area (Å²) in [6, 6.07) is 6.53. The summed E-state index contributed by atoms with van der Waals surface area (Å²) in [7, 11) is 0. The fraction of sp³-hybridized carbons (Fsp3) is 0.588. The third kappa shape index (κ3) is 3.63. The van der Waals surface area contributed by atoms with E-state index in [2.05, 4.69) is 4.90 Å². The molecule has 0 bridgehead atoms. The Balaban J connectivity index is 1.77. The van der Waals surface area contributed by atoms with Crippen LogP contribution in [0.2, 0.25) is 0 Å². The van der Waals surface area contributed by atoms with Crippen molar-refractivity contribution in [3.63, 3.8) is 0 Å². The number of hydrogen-bond donors (Lipinski definition) is 0. The summed E-state index contributed by atoms with van der Waals surface area (Å²) in [6.45, 7) is 3.91. The lowest BCUT2D eigenvalue weighted by Crippen LogP contribution is -2.47. The standard InChI is InChI=1S/C17H23FN2OS/c18-16-7-2-1-6-15(16)17(21)20-10-5-11-22-13-14(20)12-19-8-3-4-9-19/h1-2,6-7,14H,3-5,8-13H2. The molecule has 120 valence electrons. The number of thioether (sulfide) groups is 1. The molecule has 1 unspecified atom stereocenters. The fourth-order valence-corrected chi connectivity index (χ4v) is 4.36. The van der Waals surface area contributed by atoms with E-state index in [1.165, 1.54) is 18.9 Å². The number of rotatable bonds is 3. The van der Waals surface area contributed by atoms with Crippen molar-refractivity contribution in [3.8, 4) is 0 Å². The molecular formula is C17H23FN2OS. The molecule has 1 atom stereocenters. The van der Waals surface area contributed by atoms with E-state index < -0.39 is 5.82 Å². The van der Waals surface area contributed by atoms with E-state index >= 15 is 0 Å². The maximum absolute atomic E-state index is 14.0. The Kier molecular flexibility index (Phi) is 5.37. The molecule has 2 aliphatic heterocycles. The van der Waals surface area contributed by atoms with Crippen LogP contribution < -0.4 is 0 Å². The molecule has 3 rings (SSSR count). The maximum atomic E-state index is 14.0. The molecule has 0 radical (unpaired) electrons. The highest BCUT2D eigenvalue weighted by molar-refractivity contribution is 7.99. The number of hydrogen-bond acceptors (Lipinski definition) is 3. The number of benzene rings is 1. The first-order valence-corrected chi connectivity index (χ1v) is 9.27. The minimum absolute atomic E-state index is 0.148. The maximum Gasteiger partial charge on any atom is 0.257 e. The number of nitrogens with zero attached hydrogens (tertiary/aromatic N) is 2. The first-order chi connectivity index (χ1) is 10.8. The second-order valence-corrected chi connectivity index (χ2v) is 7.22. The van der Waals surface area contributed by atoms with Crippen LogP contribution in [0.1, 0.15) is 29.6 Å². The molecule has 1 aromatic rings. The van der Waals surface area contributed by atoms with E-state index in [0.717, 1.165) is 44.1 Å². The van der Waals surface area contributed by atoms with Crippen molar-refractivity contribution in [2.75, 3.05) is 37.7 Å². The van der Waals surface area contributed by atoms with Crippen LogP contribution in [0, 0.1) is 5.82 Å². The summed E-state index contributed by atoms with van der Waals surface area (Å²) in [5, 5.41) is 0. The molecule has 3 nitrogen and oxygen atoms in total. The smallest absolute Gasteiger partial charge is 0.257 e. The Hall–Kier alpha value is -1.07. The molecule has 2 saturated heterocycles. The molecule has 5 heteroatoms. The van der Waals surface area contributed by atoms with E-state index in [1.807, 2.05) is 16.7 Å². The SMILES string of the molecule is O=C(c1ccccc1F)N1CCCSCC1CN1CCCC1. The largest absolute Gasteiger partial charge is 0.333 e. The summed E-state index contributed by atoms with van der Waals surface area (Å²) in [5.41, 5.74) is 0.209. The highest BCUT2D eigenvalue weighted by Crippen LogP contribution is 2.22. The van der Waals surface area contributed by atoms with Crippen molar-refractivity contribution < 1.29 is 9.18 Å². The average molecular weight is 322 g/mol. The van der Waals surface area contributed by atoms with Gasteiger partial charge < -0.3 is 9.80 Å². The van der Waals surface area contributed by atoms with Crippen LogP contribution in [0.25, 0.3) is 0 Å². The van der Waals surface area contributed by atoms with Gasteiger partial charge in [0, 0.05) is 18.8 Å². The van der Waals surface area contributed by atoms with Gasteiger partial charge in [-0.25, -0.2) is 4.39 Å². The second-order valence-electron chi connectivity index (χ2n) is 6.07. The van der Waals surface area contributed by atoms with Gasteiger partial charge in [-0.05, 0) is 50.2 Å². The van der Waals surface area contributed by atoms with Gasteiger partial charge in [-0.15, -0.1) is 0 Å². The first kappa shape index (κ1) is 15.8. The zero-order valence-corrected chi connectivity index (χ0v) is 13.7. The summed E-state index contributed by atoms with van der Waals surface area (Å²) in [5.74, 6) is 1.47. The van der Waals surface area contributed by atoms with Crippen LogP contribution in [-0.2, 0) is 0 Å². The minimum atomic E-state index is -0.413. The zero-order valence-electron chi connectivity index (χ0n) is 12.8. The Morgan fingerprint density at radius 2 is 1.95 bits per heavy atom. The van der Waals surface area contributed by atoms with Crippen LogP contribution in [0.5, 0.6) is 0 Å². The van der Waals surface area contributed by atoms with Gasteiger partial charge in [-0.2, -0.15) is 11.8 Å². The Morgan fingerprint density at radius 3 is 2.73 bits per heavy atom. The van der Waals surface area contributed by atoms with Crippen molar-refractivity contribution in [1.82, 2.24) is 9.80 Å². The number of carbonyl (C=O) groups excluding carboxylic acids is 1. The molecule has 2 aliphatic rings. The summed E-state index contributed by atoms with van der Waals surface area (Å²) < 4.78 is 14.0. The van der Waals surface area contributed by atoms with Crippen molar-refractivity contribution in [2.45, 2.75) is 25.3 Å². The molecule has 2 fully saturated rings. The Morgan fingerprint density at radius 1 is 1.18 bits per heavy atom. The lowest BCUT2D eigenvalue weighted by atomic mass is 10.1. The van der Waals surface area contributed by atoms with Crippen LogP contribution in [-0.4, -0.2) is 59.4 Å². The van der Waals surface area contributed by atoms with Gasteiger partial charge in [-0.3, -0.25) is 4.79 Å².